The van der Waals surface area contributed by atoms with Crippen LogP contribution in [0.2, 0.25) is 0 Å². The van der Waals surface area contributed by atoms with Gasteiger partial charge in [0.15, 0.2) is 5.78 Å². The summed E-state index contributed by atoms with van der Waals surface area (Å²) in [5.74, 6) is 0.750. The smallest absolute Gasteiger partial charge is 0.167 e. The molecule has 0 aliphatic heterocycles. The Morgan fingerprint density at radius 2 is 1.59 bits per heavy atom. The quantitative estimate of drug-likeness (QED) is 0.411. The fourth-order valence-electron chi connectivity index (χ4n) is 2.00. The van der Waals surface area contributed by atoms with E-state index in [1.807, 2.05) is 12.1 Å². The first kappa shape index (κ1) is 15.7. The molecule has 0 heterocycles. The van der Waals surface area contributed by atoms with Gasteiger partial charge < -0.3 is 16.2 Å². The highest BCUT2D eigenvalue weighted by Gasteiger charge is 2.08. The number of Topliss-reactive ketones (excluding diaryl/α,β-unsaturated/α-hetero) is 1. The molecule has 22 heavy (non-hydrogen) atoms. The molecule has 0 radical (unpaired) electrons. The molecule has 0 saturated heterocycles. The Morgan fingerprint density at radius 1 is 1.00 bits per heavy atom. The Kier molecular flexibility index (Phi) is 5.27. The van der Waals surface area contributed by atoms with Crippen LogP contribution in [0.5, 0.6) is 5.75 Å². The maximum Gasteiger partial charge on any atom is 0.167 e. The van der Waals surface area contributed by atoms with E-state index in [2.05, 4.69) is 0 Å². The predicted octanol–water partition coefficient (Wildman–Crippen LogP) is 1.73. The number of rotatable bonds is 7. The Labute approximate surface area is 129 Å². The van der Waals surface area contributed by atoms with Crippen LogP contribution in [0.3, 0.4) is 0 Å². The highest BCUT2D eigenvalue weighted by molar-refractivity contribution is 5.98. The van der Waals surface area contributed by atoms with Gasteiger partial charge in [0.25, 0.3) is 0 Å². The van der Waals surface area contributed by atoms with Gasteiger partial charge in [0, 0.05) is 24.1 Å². The van der Waals surface area contributed by atoms with Crippen molar-refractivity contribution in [1.29, 1.82) is 5.41 Å². The van der Waals surface area contributed by atoms with Crippen molar-refractivity contribution < 1.29 is 9.53 Å². The number of carbonyl (C=O) groups excluding carboxylic acids is 1. The standard InChI is InChI=1S/C17H19N3O2/c18-9-10-22-15-7-5-13(6-8-15)16(21)11-12-1-3-14(4-2-12)17(19)20/h1-8H,9-11,18H2,(H3,19,20). The molecule has 2 aromatic rings. The lowest BCUT2D eigenvalue weighted by Crippen LogP contribution is -2.11. The molecule has 5 nitrogen and oxygen atoms in total. The number of benzene rings is 2. The van der Waals surface area contributed by atoms with E-state index in [0.29, 0.717) is 36.4 Å². The number of nitrogens with two attached hydrogens (primary N) is 2. The van der Waals surface area contributed by atoms with Crippen LogP contribution in [0.4, 0.5) is 0 Å². The van der Waals surface area contributed by atoms with Crippen LogP contribution in [0.1, 0.15) is 21.5 Å². The van der Waals surface area contributed by atoms with Crippen molar-refractivity contribution in [3.63, 3.8) is 0 Å². The van der Waals surface area contributed by atoms with Gasteiger partial charge in [-0.2, -0.15) is 0 Å². The molecule has 0 saturated carbocycles. The summed E-state index contributed by atoms with van der Waals surface area (Å²) in [5.41, 5.74) is 12.9. The van der Waals surface area contributed by atoms with E-state index in [1.165, 1.54) is 0 Å². The van der Waals surface area contributed by atoms with Crippen LogP contribution >= 0.6 is 0 Å². The summed E-state index contributed by atoms with van der Waals surface area (Å²) in [6.07, 6.45) is 0.307. The van der Waals surface area contributed by atoms with E-state index in [1.54, 1.807) is 36.4 Å². The van der Waals surface area contributed by atoms with Crippen LogP contribution in [0.15, 0.2) is 48.5 Å². The van der Waals surface area contributed by atoms with Crippen LogP contribution < -0.4 is 16.2 Å². The van der Waals surface area contributed by atoms with Crippen molar-refractivity contribution in [2.75, 3.05) is 13.2 Å². The maximum atomic E-state index is 12.2. The molecule has 0 atom stereocenters. The van der Waals surface area contributed by atoms with Gasteiger partial charge in [-0.25, -0.2) is 0 Å². The lowest BCUT2D eigenvalue weighted by Gasteiger charge is -2.06. The Hall–Kier alpha value is -2.66. The average molecular weight is 297 g/mol. The summed E-state index contributed by atoms with van der Waals surface area (Å²) in [6.45, 7) is 0.909. The first-order valence-corrected chi connectivity index (χ1v) is 6.99. The van der Waals surface area contributed by atoms with Crippen molar-refractivity contribution in [2.24, 2.45) is 11.5 Å². The molecular formula is C17H19N3O2. The zero-order valence-corrected chi connectivity index (χ0v) is 12.2. The first-order chi connectivity index (χ1) is 10.6. The second-order valence-electron chi connectivity index (χ2n) is 4.87. The minimum atomic E-state index is 0.0194. The van der Waals surface area contributed by atoms with Gasteiger partial charge in [-0.1, -0.05) is 24.3 Å². The van der Waals surface area contributed by atoms with Gasteiger partial charge in [-0.3, -0.25) is 10.2 Å². The molecule has 2 rings (SSSR count). The number of ether oxygens (including phenoxy) is 1. The number of hydrogen-bond donors (Lipinski definition) is 3. The van der Waals surface area contributed by atoms with Gasteiger partial charge in [-0.05, 0) is 29.8 Å². The monoisotopic (exact) mass is 297 g/mol. The van der Waals surface area contributed by atoms with Gasteiger partial charge in [0.2, 0.25) is 0 Å². The zero-order valence-electron chi connectivity index (χ0n) is 12.2. The molecule has 114 valence electrons. The van der Waals surface area contributed by atoms with E-state index >= 15 is 0 Å². The second kappa shape index (κ2) is 7.38. The first-order valence-electron chi connectivity index (χ1n) is 6.99. The average Bonchev–Trinajstić information content (AvgIpc) is 2.54. The molecule has 5 heteroatoms. The molecule has 0 unspecified atom stereocenters. The van der Waals surface area contributed by atoms with Crippen molar-refractivity contribution in [1.82, 2.24) is 0 Å². The van der Waals surface area contributed by atoms with Crippen molar-refractivity contribution >= 4 is 11.6 Å². The number of carbonyl (C=O) groups is 1. The highest BCUT2D eigenvalue weighted by atomic mass is 16.5. The molecule has 2 aromatic carbocycles. The molecule has 0 spiro atoms. The highest BCUT2D eigenvalue weighted by Crippen LogP contribution is 2.14. The van der Waals surface area contributed by atoms with E-state index in [-0.39, 0.29) is 11.6 Å². The summed E-state index contributed by atoms with van der Waals surface area (Å²) in [6, 6.07) is 14.1. The largest absolute Gasteiger partial charge is 0.492 e. The predicted molar refractivity (Wildman–Crippen MR) is 86.5 cm³/mol. The minimum absolute atomic E-state index is 0.0194. The number of ketones is 1. The van der Waals surface area contributed by atoms with Crippen LogP contribution in [-0.4, -0.2) is 24.8 Å². The molecule has 5 N–H and O–H groups in total. The van der Waals surface area contributed by atoms with E-state index in [4.69, 9.17) is 21.6 Å². The number of nitrogen functional groups attached to an aromatic ring is 1. The molecule has 0 aromatic heterocycles. The molecule has 0 aliphatic carbocycles. The zero-order chi connectivity index (χ0) is 15.9. The summed E-state index contributed by atoms with van der Waals surface area (Å²) in [7, 11) is 0. The Bertz CT molecular complexity index is 649. The third kappa shape index (κ3) is 4.17. The van der Waals surface area contributed by atoms with Gasteiger partial charge in [-0.15, -0.1) is 0 Å². The Morgan fingerprint density at radius 3 is 2.14 bits per heavy atom. The second-order valence-corrected chi connectivity index (χ2v) is 4.87. The fraction of sp³-hybridized carbons (Fsp3) is 0.176. The molecule has 0 amide bonds. The molecule has 0 aliphatic rings. The third-order valence-electron chi connectivity index (χ3n) is 3.19. The lowest BCUT2D eigenvalue weighted by atomic mass is 10.0. The summed E-state index contributed by atoms with van der Waals surface area (Å²) < 4.78 is 5.38. The maximum absolute atomic E-state index is 12.2. The van der Waals surface area contributed by atoms with E-state index < -0.39 is 0 Å². The van der Waals surface area contributed by atoms with Crippen molar-refractivity contribution in [2.45, 2.75) is 6.42 Å². The van der Waals surface area contributed by atoms with Gasteiger partial charge in [0.1, 0.15) is 18.2 Å². The van der Waals surface area contributed by atoms with Crippen molar-refractivity contribution in [3.05, 3.63) is 65.2 Å². The van der Waals surface area contributed by atoms with E-state index in [0.717, 1.165) is 5.56 Å². The summed E-state index contributed by atoms with van der Waals surface area (Å²) >= 11 is 0. The number of hydrogen-bond acceptors (Lipinski definition) is 4. The fourth-order valence-corrected chi connectivity index (χ4v) is 2.00. The minimum Gasteiger partial charge on any atom is -0.492 e. The van der Waals surface area contributed by atoms with Gasteiger partial charge >= 0.3 is 0 Å². The van der Waals surface area contributed by atoms with Crippen LogP contribution in [-0.2, 0) is 6.42 Å². The van der Waals surface area contributed by atoms with Gasteiger partial charge in [0.05, 0.1) is 0 Å². The normalized spacial score (nSPS) is 10.2. The summed E-state index contributed by atoms with van der Waals surface area (Å²) in [5, 5.41) is 7.34. The molecule has 0 fully saturated rings. The molecule has 0 bridgehead atoms. The number of amidine groups is 1. The Balaban J connectivity index is 2.00. The van der Waals surface area contributed by atoms with Crippen LogP contribution in [0.25, 0.3) is 0 Å². The van der Waals surface area contributed by atoms with Crippen LogP contribution in [0, 0.1) is 5.41 Å². The van der Waals surface area contributed by atoms with E-state index in [9.17, 15) is 4.79 Å². The third-order valence-corrected chi connectivity index (χ3v) is 3.19. The SMILES string of the molecule is N=C(N)c1ccc(CC(=O)c2ccc(OCCN)cc2)cc1. The number of nitrogens with one attached hydrogen (secondary N) is 1. The lowest BCUT2D eigenvalue weighted by molar-refractivity contribution is 0.0993. The summed E-state index contributed by atoms with van der Waals surface area (Å²) in [4.78, 5) is 12.2. The topological polar surface area (TPSA) is 102 Å². The van der Waals surface area contributed by atoms with Crippen molar-refractivity contribution in [3.8, 4) is 5.75 Å². The molecular weight excluding hydrogens is 278 g/mol.